The molecule has 0 aliphatic heterocycles. The summed E-state index contributed by atoms with van der Waals surface area (Å²) in [6.07, 6.45) is 3.02. The SMILES string of the molecule is N#Cc1ccc(Oc2cncc(CN)c2)c([N+](=O)[O-])c1. The lowest BCUT2D eigenvalue weighted by molar-refractivity contribution is -0.385. The Bertz CT molecular complexity index is 694. The van der Waals surface area contributed by atoms with Crippen LogP contribution in [0.2, 0.25) is 0 Å². The molecule has 100 valence electrons. The minimum Gasteiger partial charge on any atom is -0.448 e. The molecule has 7 nitrogen and oxygen atoms in total. The van der Waals surface area contributed by atoms with Crippen molar-refractivity contribution in [1.29, 1.82) is 5.26 Å². The fourth-order valence-electron chi connectivity index (χ4n) is 1.57. The standard InChI is InChI=1S/C13H10N4O3/c14-5-9-1-2-13(12(4-9)17(18)19)20-11-3-10(6-15)7-16-8-11/h1-4,7-8H,6,15H2. The van der Waals surface area contributed by atoms with Crippen LogP contribution in [0.15, 0.2) is 36.7 Å². The number of hydrogen-bond acceptors (Lipinski definition) is 6. The second-order valence-electron chi connectivity index (χ2n) is 3.89. The maximum absolute atomic E-state index is 11.0. The lowest BCUT2D eigenvalue weighted by Gasteiger charge is -2.07. The van der Waals surface area contributed by atoms with Gasteiger partial charge in [0.2, 0.25) is 5.75 Å². The van der Waals surface area contributed by atoms with Crippen molar-refractivity contribution in [1.82, 2.24) is 4.98 Å². The third kappa shape index (κ3) is 2.88. The number of benzene rings is 1. The van der Waals surface area contributed by atoms with Crippen LogP contribution in [0.3, 0.4) is 0 Å². The van der Waals surface area contributed by atoms with Gasteiger partial charge in [-0.2, -0.15) is 5.26 Å². The topological polar surface area (TPSA) is 115 Å². The Balaban J connectivity index is 2.37. The van der Waals surface area contributed by atoms with Crippen molar-refractivity contribution in [2.24, 2.45) is 5.73 Å². The van der Waals surface area contributed by atoms with Gasteiger partial charge in [-0.1, -0.05) is 0 Å². The molecule has 0 saturated heterocycles. The lowest BCUT2D eigenvalue weighted by Crippen LogP contribution is -1.98. The van der Waals surface area contributed by atoms with E-state index in [-0.39, 0.29) is 17.0 Å². The summed E-state index contributed by atoms with van der Waals surface area (Å²) in [4.78, 5) is 14.3. The Morgan fingerprint density at radius 2 is 2.20 bits per heavy atom. The highest BCUT2D eigenvalue weighted by Gasteiger charge is 2.17. The number of nitrogens with zero attached hydrogens (tertiary/aromatic N) is 3. The van der Waals surface area contributed by atoms with Crippen LogP contribution in [0.5, 0.6) is 11.5 Å². The van der Waals surface area contributed by atoms with Crippen LogP contribution >= 0.6 is 0 Å². The van der Waals surface area contributed by atoms with E-state index in [9.17, 15) is 10.1 Å². The lowest BCUT2D eigenvalue weighted by atomic mass is 10.2. The van der Waals surface area contributed by atoms with E-state index < -0.39 is 4.92 Å². The highest BCUT2D eigenvalue weighted by atomic mass is 16.6. The zero-order chi connectivity index (χ0) is 14.5. The molecule has 0 aliphatic rings. The van der Waals surface area contributed by atoms with E-state index in [2.05, 4.69) is 4.98 Å². The molecule has 20 heavy (non-hydrogen) atoms. The Morgan fingerprint density at radius 3 is 2.85 bits per heavy atom. The second kappa shape index (κ2) is 5.77. The molecule has 0 atom stereocenters. The maximum atomic E-state index is 11.0. The third-order valence-electron chi connectivity index (χ3n) is 2.52. The number of aromatic nitrogens is 1. The van der Waals surface area contributed by atoms with Gasteiger partial charge in [0.15, 0.2) is 0 Å². The quantitative estimate of drug-likeness (QED) is 0.672. The van der Waals surface area contributed by atoms with Crippen molar-refractivity contribution < 1.29 is 9.66 Å². The first-order chi connectivity index (χ1) is 9.63. The summed E-state index contributed by atoms with van der Waals surface area (Å²) in [5.74, 6) is 0.394. The van der Waals surface area contributed by atoms with E-state index in [4.69, 9.17) is 15.7 Å². The molecule has 1 aromatic carbocycles. The van der Waals surface area contributed by atoms with Crippen LogP contribution in [-0.4, -0.2) is 9.91 Å². The molecule has 0 unspecified atom stereocenters. The summed E-state index contributed by atoms with van der Waals surface area (Å²) in [6.45, 7) is 0.291. The number of hydrogen-bond donors (Lipinski definition) is 1. The number of pyridine rings is 1. The van der Waals surface area contributed by atoms with E-state index in [1.807, 2.05) is 6.07 Å². The fraction of sp³-hybridized carbons (Fsp3) is 0.0769. The summed E-state index contributed by atoms with van der Waals surface area (Å²) >= 11 is 0. The number of nitriles is 1. The molecule has 2 N–H and O–H groups in total. The van der Waals surface area contributed by atoms with E-state index in [0.717, 1.165) is 11.6 Å². The number of nitro benzene ring substituents is 1. The van der Waals surface area contributed by atoms with Crippen LogP contribution in [0.1, 0.15) is 11.1 Å². The molecule has 0 fully saturated rings. The second-order valence-corrected chi connectivity index (χ2v) is 3.89. The Morgan fingerprint density at radius 1 is 1.40 bits per heavy atom. The predicted molar refractivity (Wildman–Crippen MR) is 70.0 cm³/mol. The Labute approximate surface area is 114 Å². The van der Waals surface area contributed by atoms with Gasteiger partial charge in [-0.15, -0.1) is 0 Å². The summed E-state index contributed by atoms with van der Waals surface area (Å²) in [5, 5.41) is 19.7. The van der Waals surface area contributed by atoms with Crippen molar-refractivity contribution in [2.75, 3.05) is 0 Å². The monoisotopic (exact) mass is 270 g/mol. The number of nitro groups is 1. The molecule has 0 aliphatic carbocycles. The smallest absolute Gasteiger partial charge is 0.312 e. The molecule has 2 rings (SSSR count). The first-order valence-corrected chi connectivity index (χ1v) is 5.64. The molecular formula is C13H10N4O3. The predicted octanol–water partition coefficient (Wildman–Crippen LogP) is 2.11. The highest BCUT2D eigenvalue weighted by molar-refractivity contribution is 5.53. The van der Waals surface area contributed by atoms with Gasteiger partial charge >= 0.3 is 5.69 Å². The van der Waals surface area contributed by atoms with Crippen LogP contribution < -0.4 is 10.5 Å². The molecule has 2 aromatic rings. The van der Waals surface area contributed by atoms with Crippen LogP contribution in [0.4, 0.5) is 5.69 Å². The normalized spacial score (nSPS) is 9.80. The van der Waals surface area contributed by atoms with Crippen molar-refractivity contribution >= 4 is 5.69 Å². The average Bonchev–Trinajstić information content (AvgIpc) is 2.47. The average molecular weight is 270 g/mol. The van der Waals surface area contributed by atoms with E-state index in [1.165, 1.54) is 18.3 Å². The maximum Gasteiger partial charge on any atom is 0.312 e. The van der Waals surface area contributed by atoms with Gasteiger partial charge in [0.05, 0.1) is 22.8 Å². The summed E-state index contributed by atoms with van der Waals surface area (Å²) in [5.41, 5.74) is 6.15. The van der Waals surface area contributed by atoms with E-state index >= 15 is 0 Å². The van der Waals surface area contributed by atoms with Crippen molar-refractivity contribution in [3.63, 3.8) is 0 Å². The molecular weight excluding hydrogens is 260 g/mol. The van der Waals surface area contributed by atoms with E-state index in [1.54, 1.807) is 12.3 Å². The van der Waals surface area contributed by atoms with Crippen molar-refractivity contribution in [2.45, 2.75) is 6.54 Å². The molecule has 7 heteroatoms. The van der Waals surface area contributed by atoms with Gasteiger partial charge < -0.3 is 10.5 Å². The zero-order valence-electron chi connectivity index (χ0n) is 10.3. The van der Waals surface area contributed by atoms with Crippen LogP contribution in [0, 0.1) is 21.4 Å². The van der Waals surface area contributed by atoms with Gasteiger partial charge in [0.25, 0.3) is 0 Å². The van der Waals surface area contributed by atoms with Crippen LogP contribution in [-0.2, 0) is 6.54 Å². The fourth-order valence-corrected chi connectivity index (χ4v) is 1.57. The largest absolute Gasteiger partial charge is 0.448 e. The van der Waals surface area contributed by atoms with Crippen LogP contribution in [0.25, 0.3) is 0 Å². The Hall–Kier alpha value is -2.98. The molecule has 0 amide bonds. The first-order valence-electron chi connectivity index (χ1n) is 5.64. The van der Waals surface area contributed by atoms with Gasteiger partial charge in [-0.25, -0.2) is 0 Å². The molecule has 0 saturated carbocycles. The van der Waals surface area contributed by atoms with Gasteiger partial charge in [0.1, 0.15) is 5.75 Å². The van der Waals surface area contributed by atoms with Gasteiger partial charge in [0, 0.05) is 18.8 Å². The summed E-state index contributed by atoms with van der Waals surface area (Å²) in [6, 6.07) is 7.48. The number of rotatable bonds is 4. The summed E-state index contributed by atoms with van der Waals surface area (Å²) in [7, 11) is 0. The number of ether oxygens (including phenoxy) is 1. The third-order valence-corrected chi connectivity index (χ3v) is 2.52. The molecule has 1 aromatic heterocycles. The first kappa shape index (κ1) is 13.5. The van der Waals surface area contributed by atoms with Gasteiger partial charge in [-0.05, 0) is 23.8 Å². The zero-order valence-corrected chi connectivity index (χ0v) is 10.3. The molecule has 0 radical (unpaired) electrons. The minimum absolute atomic E-state index is 0.0463. The van der Waals surface area contributed by atoms with Gasteiger partial charge in [-0.3, -0.25) is 15.1 Å². The van der Waals surface area contributed by atoms with Crippen molar-refractivity contribution in [3.8, 4) is 17.6 Å². The molecule has 0 spiro atoms. The minimum atomic E-state index is -0.601. The Kier molecular flexibility index (Phi) is 3.88. The number of nitrogens with two attached hydrogens (primary N) is 1. The summed E-state index contributed by atoms with van der Waals surface area (Å²) < 4.78 is 5.44. The molecule has 1 heterocycles. The van der Waals surface area contributed by atoms with E-state index in [0.29, 0.717) is 12.3 Å². The van der Waals surface area contributed by atoms with Crippen molar-refractivity contribution in [3.05, 3.63) is 57.9 Å². The highest BCUT2D eigenvalue weighted by Crippen LogP contribution is 2.31. The molecule has 0 bridgehead atoms.